The topological polar surface area (TPSA) is 42.9 Å². The maximum absolute atomic E-state index is 11.6. The van der Waals surface area contributed by atoms with Crippen molar-refractivity contribution < 1.29 is 14.8 Å². The van der Waals surface area contributed by atoms with Crippen molar-refractivity contribution in [2.24, 2.45) is 5.92 Å². The molecule has 0 amide bonds. The standard InChI is InChI=1S/C11H21NO2S/c1-4-5-6-14-11(13)9-7-15-10(12-9)8(2)3/h8-10,12H,4-7H2,1-3H3/p+1/t9-,10-/m0/s1. The molecule has 4 heteroatoms. The van der Waals surface area contributed by atoms with Crippen LogP contribution in [0, 0.1) is 5.92 Å². The smallest absolute Gasteiger partial charge is 0.365 e. The fourth-order valence-corrected chi connectivity index (χ4v) is 2.90. The van der Waals surface area contributed by atoms with Crippen LogP contribution in [0.2, 0.25) is 0 Å². The van der Waals surface area contributed by atoms with E-state index in [4.69, 9.17) is 4.74 Å². The number of carbonyl (C=O) groups excluding carboxylic acids is 1. The molecule has 88 valence electrons. The van der Waals surface area contributed by atoms with Gasteiger partial charge in [-0.2, -0.15) is 0 Å². The van der Waals surface area contributed by atoms with Crippen molar-refractivity contribution >= 4 is 17.7 Å². The molecular weight excluding hydrogens is 210 g/mol. The number of rotatable bonds is 5. The quantitative estimate of drug-likeness (QED) is 0.568. The summed E-state index contributed by atoms with van der Waals surface area (Å²) in [5.74, 6) is 1.48. The maximum Gasteiger partial charge on any atom is 0.365 e. The normalized spacial score (nSPS) is 25.9. The summed E-state index contributed by atoms with van der Waals surface area (Å²) in [6.07, 6.45) is 2.05. The lowest BCUT2D eigenvalue weighted by molar-refractivity contribution is -0.684. The van der Waals surface area contributed by atoms with E-state index in [1.165, 1.54) is 0 Å². The number of esters is 1. The molecule has 1 rings (SSSR count). The number of quaternary nitrogens is 1. The van der Waals surface area contributed by atoms with Gasteiger partial charge in [0.1, 0.15) is 5.37 Å². The zero-order valence-corrected chi connectivity index (χ0v) is 10.7. The van der Waals surface area contributed by atoms with Crippen LogP contribution in [0.15, 0.2) is 0 Å². The molecule has 2 atom stereocenters. The summed E-state index contributed by atoms with van der Waals surface area (Å²) >= 11 is 1.87. The summed E-state index contributed by atoms with van der Waals surface area (Å²) in [5, 5.41) is 2.68. The highest BCUT2D eigenvalue weighted by Gasteiger charge is 2.36. The molecule has 1 aliphatic rings. The lowest BCUT2D eigenvalue weighted by Crippen LogP contribution is -2.94. The Kier molecular flexibility index (Phi) is 5.47. The van der Waals surface area contributed by atoms with Gasteiger partial charge in [-0.1, -0.05) is 39.0 Å². The molecule has 0 aromatic heterocycles. The highest BCUT2D eigenvalue weighted by molar-refractivity contribution is 7.99. The van der Waals surface area contributed by atoms with Crippen molar-refractivity contribution in [2.75, 3.05) is 12.4 Å². The van der Waals surface area contributed by atoms with E-state index >= 15 is 0 Å². The molecule has 0 spiro atoms. The first kappa shape index (κ1) is 12.8. The molecule has 1 fully saturated rings. The van der Waals surface area contributed by atoms with Gasteiger partial charge in [0.05, 0.1) is 12.4 Å². The van der Waals surface area contributed by atoms with E-state index in [1.54, 1.807) is 0 Å². The number of hydrogen-bond donors (Lipinski definition) is 1. The van der Waals surface area contributed by atoms with Gasteiger partial charge >= 0.3 is 5.97 Å². The monoisotopic (exact) mass is 232 g/mol. The molecule has 0 unspecified atom stereocenters. The van der Waals surface area contributed by atoms with Gasteiger partial charge in [-0.05, 0) is 6.42 Å². The molecule has 1 heterocycles. The Balaban J connectivity index is 2.24. The van der Waals surface area contributed by atoms with Crippen molar-refractivity contribution in [3.63, 3.8) is 0 Å². The predicted octanol–water partition coefficient (Wildman–Crippen LogP) is 0.991. The molecule has 2 N–H and O–H groups in total. The summed E-state index contributed by atoms with van der Waals surface area (Å²) in [7, 11) is 0. The molecule has 0 bridgehead atoms. The Hall–Kier alpha value is -0.220. The van der Waals surface area contributed by atoms with Crippen molar-refractivity contribution in [2.45, 2.75) is 45.0 Å². The maximum atomic E-state index is 11.6. The number of nitrogens with two attached hydrogens (primary N) is 1. The van der Waals surface area contributed by atoms with Crippen LogP contribution in [0.3, 0.4) is 0 Å². The van der Waals surface area contributed by atoms with E-state index in [0.717, 1.165) is 18.6 Å². The second-order valence-corrected chi connectivity index (χ2v) is 5.57. The molecule has 1 aliphatic heterocycles. The van der Waals surface area contributed by atoms with Crippen LogP contribution in [0.4, 0.5) is 0 Å². The Morgan fingerprint density at radius 2 is 2.33 bits per heavy atom. The van der Waals surface area contributed by atoms with Gasteiger partial charge in [0.15, 0.2) is 6.04 Å². The fourth-order valence-electron chi connectivity index (χ4n) is 1.54. The van der Waals surface area contributed by atoms with E-state index in [2.05, 4.69) is 26.1 Å². The number of hydrogen-bond acceptors (Lipinski definition) is 3. The molecule has 0 saturated carbocycles. The Bertz CT molecular complexity index is 209. The summed E-state index contributed by atoms with van der Waals surface area (Å²) in [5.41, 5.74) is 0. The second-order valence-electron chi connectivity index (χ2n) is 4.36. The minimum Gasteiger partial charge on any atom is -0.461 e. The lowest BCUT2D eigenvalue weighted by atomic mass is 10.2. The zero-order chi connectivity index (χ0) is 11.3. The number of carbonyl (C=O) groups is 1. The van der Waals surface area contributed by atoms with Crippen LogP contribution in [0.5, 0.6) is 0 Å². The van der Waals surface area contributed by atoms with Crippen LogP contribution in [-0.2, 0) is 9.53 Å². The van der Waals surface area contributed by atoms with E-state index in [0.29, 0.717) is 17.9 Å². The van der Waals surface area contributed by atoms with Gasteiger partial charge in [-0.3, -0.25) is 0 Å². The fraction of sp³-hybridized carbons (Fsp3) is 0.909. The Labute approximate surface area is 96.3 Å². The van der Waals surface area contributed by atoms with Gasteiger partial charge in [0, 0.05) is 5.92 Å². The van der Waals surface area contributed by atoms with Crippen LogP contribution < -0.4 is 5.32 Å². The molecule has 0 aliphatic carbocycles. The SMILES string of the molecule is CCCCOC(=O)[C@@H]1CS[C@@H](C(C)C)[NH2+]1. The minimum atomic E-state index is -0.0286. The van der Waals surface area contributed by atoms with Gasteiger partial charge < -0.3 is 10.1 Å². The number of ether oxygens (including phenoxy) is 1. The molecule has 0 aromatic rings. The van der Waals surface area contributed by atoms with Gasteiger partial charge in [-0.15, -0.1) is 0 Å². The lowest BCUT2D eigenvalue weighted by Gasteiger charge is -2.12. The van der Waals surface area contributed by atoms with Crippen molar-refractivity contribution in [3.8, 4) is 0 Å². The van der Waals surface area contributed by atoms with E-state index < -0.39 is 0 Å². The second kappa shape index (κ2) is 6.38. The summed E-state index contributed by atoms with van der Waals surface area (Å²) < 4.78 is 5.21. The molecule has 3 nitrogen and oxygen atoms in total. The first-order chi connectivity index (χ1) is 7.15. The van der Waals surface area contributed by atoms with Crippen LogP contribution in [0.25, 0.3) is 0 Å². The van der Waals surface area contributed by atoms with E-state index in [-0.39, 0.29) is 12.0 Å². The van der Waals surface area contributed by atoms with Crippen LogP contribution in [-0.4, -0.2) is 29.7 Å². The van der Waals surface area contributed by atoms with Gasteiger partial charge in [0.25, 0.3) is 0 Å². The molecule has 15 heavy (non-hydrogen) atoms. The number of unbranched alkanes of at least 4 members (excludes halogenated alkanes) is 1. The first-order valence-corrected chi connectivity index (χ1v) is 6.83. The van der Waals surface area contributed by atoms with Crippen molar-refractivity contribution in [1.29, 1.82) is 0 Å². The highest BCUT2D eigenvalue weighted by Crippen LogP contribution is 2.18. The molecule has 0 aromatic carbocycles. The molecular formula is C11H22NO2S+. The van der Waals surface area contributed by atoms with Crippen LogP contribution in [0.1, 0.15) is 33.6 Å². The Morgan fingerprint density at radius 3 is 2.87 bits per heavy atom. The third-order valence-corrected chi connectivity index (χ3v) is 4.23. The molecule has 1 saturated heterocycles. The summed E-state index contributed by atoms with van der Waals surface area (Å²) in [6, 6.07) is 0.0271. The largest absolute Gasteiger partial charge is 0.461 e. The van der Waals surface area contributed by atoms with Gasteiger partial charge in [0.2, 0.25) is 0 Å². The van der Waals surface area contributed by atoms with E-state index in [1.807, 2.05) is 11.8 Å². The summed E-state index contributed by atoms with van der Waals surface area (Å²) in [4.78, 5) is 11.6. The predicted molar refractivity (Wildman–Crippen MR) is 62.7 cm³/mol. The summed E-state index contributed by atoms with van der Waals surface area (Å²) in [6.45, 7) is 7.06. The average Bonchev–Trinajstić information content (AvgIpc) is 2.66. The minimum absolute atomic E-state index is 0.0271. The van der Waals surface area contributed by atoms with E-state index in [9.17, 15) is 4.79 Å². The van der Waals surface area contributed by atoms with Crippen molar-refractivity contribution in [1.82, 2.24) is 0 Å². The third-order valence-electron chi connectivity index (χ3n) is 2.59. The molecule has 0 radical (unpaired) electrons. The van der Waals surface area contributed by atoms with Crippen molar-refractivity contribution in [3.05, 3.63) is 0 Å². The third kappa shape index (κ3) is 4.03. The highest BCUT2D eigenvalue weighted by atomic mass is 32.2. The number of thioether (sulfide) groups is 1. The van der Waals surface area contributed by atoms with Gasteiger partial charge in [-0.25, -0.2) is 4.79 Å². The average molecular weight is 232 g/mol. The Morgan fingerprint density at radius 1 is 1.60 bits per heavy atom. The first-order valence-electron chi connectivity index (χ1n) is 5.78. The zero-order valence-electron chi connectivity index (χ0n) is 9.86. The van der Waals surface area contributed by atoms with Crippen LogP contribution >= 0.6 is 11.8 Å².